The van der Waals surface area contributed by atoms with Gasteiger partial charge in [-0.3, -0.25) is 4.79 Å². The Morgan fingerprint density at radius 1 is 1.41 bits per heavy atom. The second-order valence-corrected chi connectivity index (χ2v) is 5.71. The second-order valence-electron chi connectivity index (χ2n) is 5.71. The minimum Gasteiger partial charge on any atom is -0.494 e. The van der Waals surface area contributed by atoms with Crippen molar-refractivity contribution in [3.05, 3.63) is 24.3 Å². The summed E-state index contributed by atoms with van der Waals surface area (Å²) in [5.74, 6) is 0.563. The molecule has 0 amide bonds. The van der Waals surface area contributed by atoms with Crippen LogP contribution in [0.3, 0.4) is 0 Å². The van der Waals surface area contributed by atoms with Gasteiger partial charge in [0.2, 0.25) is 0 Å². The van der Waals surface area contributed by atoms with Gasteiger partial charge in [-0.25, -0.2) is 0 Å². The molecule has 1 aliphatic heterocycles. The molecular formula is C17H26N2O3. The van der Waals surface area contributed by atoms with Gasteiger partial charge in [-0.05, 0) is 56.5 Å². The van der Waals surface area contributed by atoms with Gasteiger partial charge in [0.05, 0.1) is 6.61 Å². The van der Waals surface area contributed by atoms with Crippen molar-refractivity contribution < 1.29 is 14.6 Å². The third-order valence-corrected chi connectivity index (χ3v) is 4.12. The van der Waals surface area contributed by atoms with Gasteiger partial charge in [-0.2, -0.15) is 0 Å². The highest BCUT2D eigenvalue weighted by atomic mass is 16.5. The summed E-state index contributed by atoms with van der Waals surface area (Å²) >= 11 is 0. The van der Waals surface area contributed by atoms with E-state index in [4.69, 9.17) is 4.74 Å². The molecule has 2 unspecified atom stereocenters. The molecule has 122 valence electrons. The summed E-state index contributed by atoms with van der Waals surface area (Å²) < 4.78 is 5.46. The van der Waals surface area contributed by atoms with E-state index in [1.807, 2.05) is 26.0 Å². The van der Waals surface area contributed by atoms with Gasteiger partial charge in [0.1, 0.15) is 11.8 Å². The fourth-order valence-electron chi connectivity index (χ4n) is 3.03. The smallest absolute Gasteiger partial charge is 0.320 e. The Balaban J connectivity index is 1.90. The average Bonchev–Trinajstić information content (AvgIpc) is 2.96. The van der Waals surface area contributed by atoms with Gasteiger partial charge < -0.3 is 20.1 Å². The van der Waals surface area contributed by atoms with Gasteiger partial charge in [-0.15, -0.1) is 0 Å². The molecule has 2 rings (SSSR count). The van der Waals surface area contributed by atoms with Crippen LogP contribution in [-0.4, -0.2) is 43.4 Å². The molecule has 2 atom stereocenters. The zero-order valence-electron chi connectivity index (χ0n) is 13.4. The van der Waals surface area contributed by atoms with Crippen LogP contribution < -0.4 is 15.0 Å². The number of anilines is 1. The van der Waals surface area contributed by atoms with Crippen LogP contribution in [0.15, 0.2) is 24.3 Å². The van der Waals surface area contributed by atoms with E-state index in [-0.39, 0.29) is 0 Å². The number of carboxylic acids is 1. The van der Waals surface area contributed by atoms with Crippen LogP contribution in [0.2, 0.25) is 0 Å². The van der Waals surface area contributed by atoms with E-state index in [9.17, 15) is 9.90 Å². The van der Waals surface area contributed by atoms with Crippen molar-refractivity contribution in [2.45, 2.75) is 32.7 Å². The third-order valence-electron chi connectivity index (χ3n) is 4.12. The molecule has 0 bridgehead atoms. The number of ether oxygens (including phenoxy) is 1. The van der Waals surface area contributed by atoms with Crippen LogP contribution in [0.25, 0.3) is 0 Å². The lowest BCUT2D eigenvalue weighted by Gasteiger charge is -2.21. The SMILES string of the molecule is CCNC(CC1CCN(c2ccc(OCC)cc2)C1)C(=O)O. The molecule has 0 saturated carbocycles. The lowest BCUT2D eigenvalue weighted by molar-refractivity contribution is -0.139. The fraction of sp³-hybridized carbons (Fsp3) is 0.588. The fourth-order valence-corrected chi connectivity index (χ4v) is 3.03. The van der Waals surface area contributed by atoms with E-state index in [1.165, 1.54) is 5.69 Å². The van der Waals surface area contributed by atoms with Crippen molar-refractivity contribution in [1.29, 1.82) is 0 Å². The number of hydrogen-bond donors (Lipinski definition) is 2. The van der Waals surface area contributed by atoms with Crippen LogP contribution >= 0.6 is 0 Å². The quantitative estimate of drug-likeness (QED) is 0.772. The number of carbonyl (C=O) groups is 1. The summed E-state index contributed by atoms with van der Waals surface area (Å²) in [6.07, 6.45) is 1.74. The molecule has 0 aromatic heterocycles. The standard InChI is InChI=1S/C17H26N2O3/c1-3-18-16(17(20)21)11-13-9-10-19(12-13)14-5-7-15(8-6-14)22-4-2/h5-8,13,16,18H,3-4,9-12H2,1-2H3,(H,20,21). The Morgan fingerprint density at radius 3 is 2.73 bits per heavy atom. The molecule has 1 aromatic carbocycles. The first-order valence-corrected chi connectivity index (χ1v) is 8.08. The molecule has 0 aliphatic carbocycles. The van der Waals surface area contributed by atoms with E-state index < -0.39 is 12.0 Å². The number of likely N-dealkylation sites (N-methyl/N-ethyl adjacent to an activating group) is 1. The van der Waals surface area contributed by atoms with Crippen LogP contribution in [-0.2, 0) is 4.79 Å². The molecule has 22 heavy (non-hydrogen) atoms. The highest BCUT2D eigenvalue weighted by Gasteiger charge is 2.28. The number of nitrogens with zero attached hydrogens (tertiary/aromatic N) is 1. The van der Waals surface area contributed by atoms with Crippen LogP contribution in [0, 0.1) is 5.92 Å². The highest BCUT2D eigenvalue weighted by molar-refractivity contribution is 5.73. The van der Waals surface area contributed by atoms with Crippen molar-refractivity contribution >= 4 is 11.7 Å². The van der Waals surface area contributed by atoms with E-state index in [2.05, 4.69) is 22.3 Å². The van der Waals surface area contributed by atoms with Crippen LogP contribution in [0.4, 0.5) is 5.69 Å². The van der Waals surface area contributed by atoms with Crippen molar-refractivity contribution in [3.63, 3.8) is 0 Å². The molecule has 1 aromatic rings. The highest BCUT2D eigenvalue weighted by Crippen LogP contribution is 2.28. The van der Waals surface area contributed by atoms with Gasteiger partial charge in [-0.1, -0.05) is 6.92 Å². The van der Waals surface area contributed by atoms with Gasteiger partial charge >= 0.3 is 5.97 Å². The first-order chi connectivity index (χ1) is 10.6. The normalized spacial score (nSPS) is 19.2. The van der Waals surface area contributed by atoms with Gasteiger partial charge in [0, 0.05) is 18.8 Å². The number of hydrogen-bond acceptors (Lipinski definition) is 4. The minimum absolute atomic E-state index is 0.423. The molecular weight excluding hydrogens is 280 g/mol. The Bertz CT molecular complexity index is 475. The Kier molecular flexibility index (Phi) is 6.07. The number of aliphatic carboxylic acids is 1. The van der Waals surface area contributed by atoms with Crippen molar-refractivity contribution in [2.24, 2.45) is 5.92 Å². The molecule has 0 spiro atoms. The zero-order valence-corrected chi connectivity index (χ0v) is 13.4. The van der Waals surface area contributed by atoms with Crippen molar-refractivity contribution in [1.82, 2.24) is 5.32 Å². The Hall–Kier alpha value is -1.75. The second kappa shape index (κ2) is 8.03. The molecule has 1 fully saturated rings. The largest absolute Gasteiger partial charge is 0.494 e. The average molecular weight is 306 g/mol. The topological polar surface area (TPSA) is 61.8 Å². The number of nitrogens with one attached hydrogen (secondary N) is 1. The zero-order chi connectivity index (χ0) is 15.9. The lowest BCUT2D eigenvalue weighted by Crippen LogP contribution is -2.38. The molecule has 1 aliphatic rings. The molecule has 5 nitrogen and oxygen atoms in total. The van der Waals surface area contributed by atoms with E-state index in [1.54, 1.807) is 0 Å². The third kappa shape index (κ3) is 4.37. The molecule has 2 N–H and O–H groups in total. The summed E-state index contributed by atoms with van der Waals surface area (Å²) in [5, 5.41) is 12.3. The maximum absolute atomic E-state index is 11.2. The molecule has 1 saturated heterocycles. The predicted molar refractivity (Wildman–Crippen MR) is 87.6 cm³/mol. The van der Waals surface area contributed by atoms with E-state index in [0.717, 1.165) is 25.3 Å². The lowest BCUT2D eigenvalue weighted by atomic mass is 9.99. The summed E-state index contributed by atoms with van der Waals surface area (Å²) in [4.78, 5) is 13.6. The molecule has 0 radical (unpaired) electrons. The molecule has 5 heteroatoms. The van der Waals surface area contributed by atoms with E-state index in [0.29, 0.717) is 25.5 Å². The maximum atomic E-state index is 11.2. The summed E-state index contributed by atoms with van der Waals surface area (Å²) in [6.45, 7) is 7.18. The first kappa shape index (κ1) is 16.6. The van der Waals surface area contributed by atoms with Crippen molar-refractivity contribution in [3.8, 4) is 5.75 Å². The Labute approximate surface area is 132 Å². The van der Waals surface area contributed by atoms with Crippen LogP contribution in [0.5, 0.6) is 5.75 Å². The van der Waals surface area contributed by atoms with Crippen molar-refractivity contribution in [2.75, 3.05) is 31.1 Å². The predicted octanol–water partition coefficient (Wildman–Crippen LogP) is 2.36. The van der Waals surface area contributed by atoms with Gasteiger partial charge in [0.25, 0.3) is 0 Å². The Morgan fingerprint density at radius 2 is 2.14 bits per heavy atom. The van der Waals surface area contributed by atoms with E-state index >= 15 is 0 Å². The number of rotatable bonds is 8. The monoisotopic (exact) mass is 306 g/mol. The van der Waals surface area contributed by atoms with Gasteiger partial charge in [0.15, 0.2) is 0 Å². The minimum atomic E-state index is -0.749. The number of benzene rings is 1. The first-order valence-electron chi connectivity index (χ1n) is 8.08. The maximum Gasteiger partial charge on any atom is 0.320 e. The van der Waals surface area contributed by atoms with Crippen LogP contribution in [0.1, 0.15) is 26.7 Å². The molecule has 1 heterocycles. The summed E-state index contributed by atoms with van der Waals surface area (Å²) in [6, 6.07) is 7.70. The summed E-state index contributed by atoms with van der Waals surface area (Å²) in [7, 11) is 0. The summed E-state index contributed by atoms with van der Waals surface area (Å²) in [5.41, 5.74) is 1.18. The number of carboxylic acid groups (broad SMARTS) is 1.